The third kappa shape index (κ3) is 3.69. The van der Waals surface area contributed by atoms with Crippen LogP contribution in [-0.4, -0.2) is 18.6 Å². The van der Waals surface area contributed by atoms with Crippen molar-refractivity contribution in [2.24, 2.45) is 0 Å². The number of nitrogens with zero attached hydrogens (tertiary/aromatic N) is 2. The van der Waals surface area contributed by atoms with Gasteiger partial charge in [0.05, 0.1) is 0 Å². The van der Waals surface area contributed by atoms with E-state index in [-0.39, 0.29) is 4.21 Å². The minimum Gasteiger partial charge on any atom is -0.339 e. The highest BCUT2D eigenvalue weighted by Crippen LogP contribution is 2.34. The van der Waals surface area contributed by atoms with Crippen LogP contribution in [0.25, 0.3) is 11.4 Å². The second-order valence-electron chi connectivity index (χ2n) is 6.00. The van der Waals surface area contributed by atoms with Gasteiger partial charge in [-0.2, -0.15) is 4.98 Å². The van der Waals surface area contributed by atoms with Crippen molar-refractivity contribution in [2.45, 2.75) is 42.4 Å². The fourth-order valence-electron chi connectivity index (χ4n) is 2.92. The van der Waals surface area contributed by atoms with E-state index in [1.165, 1.54) is 24.2 Å². The zero-order valence-corrected chi connectivity index (χ0v) is 15.8. The van der Waals surface area contributed by atoms with Gasteiger partial charge in [-0.05, 0) is 30.4 Å². The van der Waals surface area contributed by atoms with E-state index >= 15 is 0 Å². The van der Waals surface area contributed by atoms with Gasteiger partial charge in [-0.15, -0.1) is 22.7 Å². The Balaban J connectivity index is 1.49. The van der Waals surface area contributed by atoms with Crippen molar-refractivity contribution in [3.05, 3.63) is 39.7 Å². The zero-order chi connectivity index (χ0) is 17.3. The monoisotopic (exact) mass is 395 g/mol. The third-order valence-corrected chi connectivity index (χ3v) is 7.98. The average Bonchev–Trinajstić information content (AvgIpc) is 3.41. The maximum atomic E-state index is 12.4. The van der Waals surface area contributed by atoms with Crippen LogP contribution in [0.2, 0.25) is 0 Å². The first kappa shape index (κ1) is 16.9. The molecule has 1 fully saturated rings. The molecule has 4 rings (SSSR count). The Morgan fingerprint density at radius 1 is 1.28 bits per heavy atom. The lowest BCUT2D eigenvalue weighted by atomic mass is 10.1. The molecule has 0 unspecified atom stereocenters. The van der Waals surface area contributed by atoms with Crippen molar-refractivity contribution in [2.75, 3.05) is 0 Å². The molecule has 0 aromatic carbocycles. The molecule has 132 valence electrons. The molecule has 0 atom stereocenters. The number of nitrogens with one attached hydrogen (secondary N) is 1. The SMILES string of the molecule is O=S(=O)(NCc1cccs1)c1cc(-c2noc(C3CCCC3)n2)cs1. The van der Waals surface area contributed by atoms with Crippen LogP contribution < -0.4 is 4.72 Å². The molecule has 25 heavy (non-hydrogen) atoms. The maximum absolute atomic E-state index is 12.4. The molecule has 0 spiro atoms. The largest absolute Gasteiger partial charge is 0.339 e. The zero-order valence-electron chi connectivity index (χ0n) is 13.3. The molecule has 9 heteroatoms. The fourth-order valence-corrected chi connectivity index (χ4v) is 5.86. The highest BCUT2D eigenvalue weighted by atomic mass is 32.2. The normalized spacial score (nSPS) is 15.8. The molecule has 0 bridgehead atoms. The summed E-state index contributed by atoms with van der Waals surface area (Å²) >= 11 is 2.68. The summed E-state index contributed by atoms with van der Waals surface area (Å²) in [6.45, 7) is 0.293. The molecule has 1 N–H and O–H groups in total. The number of aromatic nitrogens is 2. The van der Waals surface area contributed by atoms with Crippen LogP contribution in [0, 0.1) is 0 Å². The fraction of sp³-hybridized carbons (Fsp3) is 0.375. The summed E-state index contributed by atoms with van der Waals surface area (Å²) in [6, 6.07) is 5.40. The van der Waals surface area contributed by atoms with Crippen LogP contribution in [0.4, 0.5) is 0 Å². The van der Waals surface area contributed by atoms with Gasteiger partial charge in [-0.25, -0.2) is 13.1 Å². The van der Waals surface area contributed by atoms with E-state index < -0.39 is 10.0 Å². The minimum atomic E-state index is -3.54. The molecule has 0 aliphatic heterocycles. The first-order valence-corrected chi connectivity index (χ1v) is 11.3. The van der Waals surface area contributed by atoms with Crippen molar-refractivity contribution in [3.8, 4) is 11.4 Å². The van der Waals surface area contributed by atoms with Crippen molar-refractivity contribution in [1.29, 1.82) is 0 Å². The highest BCUT2D eigenvalue weighted by molar-refractivity contribution is 7.91. The van der Waals surface area contributed by atoms with Crippen molar-refractivity contribution in [3.63, 3.8) is 0 Å². The first-order chi connectivity index (χ1) is 12.1. The van der Waals surface area contributed by atoms with Gasteiger partial charge < -0.3 is 4.52 Å². The molecule has 3 aromatic rings. The summed E-state index contributed by atoms with van der Waals surface area (Å²) < 4.78 is 33.1. The quantitative estimate of drug-likeness (QED) is 0.682. The summed E-state index contributed by atoms with van der Waals surface area (Å²) in [6.07, 6.45) is 4.55. The molecular weight excluding hydrogens is 378 g/mol. The third-order valence-electron chi connectivity index (χ3n) is 4.26. The van der Waals surface area contributed by atoms with Crippen LogP contribution in [0.15, 0.2) is 37.7 Å². The number of sulfonamides is 1. The summed E-state index contributed by atoms with van der Waals surface area (Å²) in [4.78, 5) is 5.43. The molecule has 0 radical (unpaired) electrons. The van der Waals surface area contributed by atoms with Crippen molar-refractivity contribution in [1.82, 2.24) is 14.9 Å². The second-order valence-corrected chi connectivity index (χ2v) is 9.93. The summed E-state index contributed by atoms with van der Waals surface area (Å²) in [5, 5.41) is 7.69. The molecule has 0 saturated heterocycles. The van der Waals surface area contributed by atoms with E-state index in [1.54, 1.807) is 11.4 Å². The van der Waals surface area contributed by atoms with Crippen LogP contribution >= 0.6 is 22.7 Å². The van der Waals surface area contributed by atoms with Gasteiger partial charge >= 0.3 is 0 Å². The van der Waals surface area contributed by atoms with Crippen LogP contribution in [0.3, 0.4) is 0 Å². The van der Waals surface area contributed by atoms with Gasteiger partial charge in [-0.1, -0.05) is 24.1 Å². The van der Waals surface area contributed by atoms with E-state index in [2.05, 4.69) is 14.9 Å². The van der Waals surface area contributed by atoms with E-state index in [1.807, 2.05) is 17.5 Å². The molecule has 1 saturated carbocycles. The predicted molar refractivity (Wildman–Crippen MR) is 97.2 cm³/mol. The van der Waals surface area contributed by atoms with Gasteiger partial charge in [0.25, 0.3) is 0 Å². The van der Waals surface area contributed by atoms with E-state index in [9.17, 15) is 8.42 Å². The Morgan fingerprint density at radius 2 is 2.12 bits per heavy atom. The number of thiophene rings is 2. The lowest BCUT2D eigenvalue weighted by molar-refractivity contribution is 0.354. The number of rotatable bonds is 6. The van der Waals surface area contributed by atoms with E-state index in [0.717, 1.165) is 29.1 Å². The molecule has 1 aliphatic rings. The Bertz CT molecular complexity index is 938. The van der Waals surface area contributed by atoms with Gasteiger partial charge in [0, 0.05) is 28.3 Å². The average molecular weight is 396 g/mol. The lowest BCUT2D eigenvalue weighted by Gasteiger charge is -2.02. The van der Waals surface area contributed by atoms with Crippen LogP contribution in [0.1, 0.15) is 42.4 Å². The minimum absolute atomic E-state index is 0.256. The predicted octanol–water partition coefficient (Wildman–Crippen LogP) is 4.00. The molecular formula is C16H17N3O3S3. The van der Waals surface area contributed by atoms with Crippen molar-refractivity contribution >= 4 is 32.7 Å². The Morgan fingerprint density at radius 3 is 2.88 bits per heavy atom. The Kier molecular flexibility index (Phi) is 4.72. The Labute approximate surface area is 154 Å². The standard InChI is InChI=1S/C16H17N3O3S3/c20-25(21,17-9-13-6-3-7-23-13)14-8-12(10-24-14)15-18-16(22-19-15)11-4-1-2-5-11/h3,6-8,10-11,17H,1-2,4-5,9H2. The van der Waals surface area contributed by atoms with Crippen LogP contribution in [0.5, 0.6) is 0 Å². The van der Waals surface area contributed by atoms with Gasteiger partial charge in [0.1, 0.15) is 4.21 Å². The number of hydrogen-bond acceptors (Lipinski definition) is 7. The summed E-state index contributed by atoms with van der Waals surface area (Å²) in [5.41, 5.74) is 0.675. The van der Waals surface area contributed by atoms with Crippen LogP contribution in [-0.2, 0) is 16.6 Å². The number of hydrogen-bond donors (Lipinski definition) is 1. The topological polar surface area (TPSA) is 85.1 Å². The molecule has 1 aliphatic carbocycles. The van der Waals surface area contributed by atoms with E-state index in [4.69, 9.17) is 4.52 Å². The molecule has 3 aromatic heterocycles. The summed E-state index contributed by atoms with van der Waals surface area (Å²) in [5.74, 6) is 1.47. The highest BCUT2D eigenvalue weighted by Gasteiger charge is 2.24. The van der Waals surface area contributed by atoms with Gasteiger partial charge in [0.2, 0.25) is 21.7 Å². The molecule has 3 heterocycles. The first-order valence-electron chi connectivity index (χ1n) is 8.06. The van der Waals surface area contributed by atoms with Gasteiger partial charge in [-0.3, -0.25) is 0 Å². The molecule has 6 nitrogen and oxygen atoms in total. The second kappa shape index (κ2) is 6.99. The smallest absolute Gasteiger partial charge is 0.250 e. The molecule has 0 amide bonds. The summed E-state index contributed by atoms with van der Waals surface area (Å²) in [7, 11) is -3.54. The van der Waals surface area contributed by atoms with Gasteiger partial charge in [0.15, 0.2) is 0 Å². The maximum Gasteiger partial charge on any atom is 0.250 e. The van der Waals surface area contributed by atoms with E-state index in [0.29, 0.717) is 29.7 Å². The van der Waals surface area contributed by atoms with Crippen molar-refractivity contribution < 1.29 is 12.9 Å². The lowest BCUT2D eigenvalue weighted by Crippen LogP contribution is -2.21. The Hall–Kier alpha value is -1.55.